The average molecular weight is 285 g/mol. The van der Waals surface area contributed by atoms with Crippen LogP contribution >= 0.6 is 0 Å². The smallest absolute Gasteiger partial charge is 0.307 e. The molecule has 1 aromatic rings. The maximum Gasteiger partial charge on any atom is 0.307 e. The number of nitrogens with one attached hydrogen (secondary N) is 1. The van der Waals surface area contributed by atoms with E-state index in [9.17, 15) is 13.6 Å². The van der Waals surface area contributed by atoms with Crippen LogP contribution in [0.4, 0.5) is 8.78 Å². The van der Waals surface area contributed by atoms with Gasteiger partial charge in [0.2, 0.25) is 0 Å². The summed E-state index contributed by atoms with van der Waals surface area (Å²) >= 11 is 0. The predicted molar refractivity (Wildman–Crippen MR) is 73.4 cm³/mol. The molecule has 0 spiro atoms. The zero-order valence-corrected chi connectivity index (χ0v) is 12.1. The minimum absolute atomic E-state index is 0.168. The van der Waals surface area contributed by atoms with Crippen molar-refractivity contribution in [2.24, 2.45) is 0 Å². The van der Waals surface area contributed by atoms with Gasteiger partial charge in [-0.25, -0.2) is 8.78 Å². The predicted octanol–water partition coefficient (Wildman–Crippen LogP) is 2.83. The molecule has 1 rings (SSSR count). The first-order valence-corrected chi connectivity index (χ1v) is 6.78. The van der Waals surface area contributed by atoms with Gasteiger partial charge in [0.1, 0.15) is 0 Å². The lowest BCUT2D eigenvalue weighted by molar-refractivity contribution is -0.143. The zero-order chi connectivity index (χ0) is 15.1. The molecule has 0 aliphatic carbocycles. The molecular formula is C15H21F2NO2. The molecule has 0 heterocycles. The largest absolute Gasteiger partial charge is 0.466 e. The van der Waals surface area contributed by atoms with Gasteiger partial charge < -0.3 is 10.1 Å². The van der Waals surface area contributed by atoms with Gasteiger partial charge in [0.05, 0.1) is 13.0 Å². The Balaban J connectivity index is 2.72. The number of hydrogen-bond donors (Lipinski definition) is 1. The van der Waals surface area contributed by atoms with Crippen molar-refractivity contribution >= 4 is 5.97 Å². The highest BCUT2D eigenvalue weighted by Crippen LogP contribution is 2.12. The molecule has 0 aromatic heterocycles. The molecule has 1 unspecified atom stereocenters. The summed E-state index contributed by atoms with van der Waals surface area (Å²) in [6, 6.07) is 3.80. The maximum atomic E-state index is 13.2. The quantitative estimate of drug-likeness (QED) is 0.783. The summed E-state index contributed by atoms with van der Waals surface area (Å²) in [4.78, 5) is 11.5. The Morgan fingerprint density at radius 3 is 2.55 bits per heavy atom. The van der Waals surface area contributed by atoms with Crippen LogP contribution in [0.15, 0.2) is 18.2 Å². The second-order valence-corrected chi connectivity index (χ2v) is 4.98. The molecule has 0 amide bonds. The highest BCUT2D eigenvalue weighted by atomic mass is 19.2. The van der Waals surface area contributed by atoms with Crippen LogP contribution in [0, 0.1) is 11.6 Å². The third-order valence-electron chi connectivity index (χ3n) is 2.75. The number of carbonyl (C=O) groups excluding carboxylic acids is 1. The third-order valence-corrected chi connectivity index (χ3v) is 2.75. The molecule has 0 saturated heterocycles. The highest BCUT2D eigenvalue weighted by Gasteiger charge is 2.17. The van der Waals surface area contributed by atoms with Crippen LogP contribution in [0.2, 0.25) is 0 Å². The fourth-order valence-corrected chi connectivity index (χ4v) is 2.03. The molecule has 0 radical (unpaired) electrons. The first kappa shape index (κ1) is 16.6. The van der Waals surface area contributed by atoms with Crippen LogP contribution in [-0.2, 0) is 16.0 Å². The fourth-order valence-electron chi connectivity index (χ4n) is 2.03. The minimum Gasteiger partial charge on any atom is -0.466 e. The van der Waals surface area contributed by atoms with E-state index < -0.39 is 11.6 Å². The summed E-state index contributed by atoms with van der Waals surface area (Å²) in [5, 5.41) is 3.23. The summed E-state index contributed by atoms with van der Waals surface area (Å²) in [6.07, 6.45) is 0.638. The Labute approximate surface area is 118 Å². The van der Waals surface area contributed by atoms with Crippen LogP contribution in [-0.4, -0.2) is 24.7 Å². The lowest BCUT2D eigenvalue weighted by Gasteiger charge is -2.20. The highest BCUT2D eigenvalue weighted by molar-refractivity contribution is 5.70. The number of esters is 1. The second-order valence-electron chi connectivity index (χ2n) is 4.98. The number of hydrogen-bond acceptors (Lipinski definition) is 3. The number of rotatable bonds is 7. The van der Waals surface area contributed by atoms with Crippen LogP contribution in [0.1, 0.15) is 32.8 Å². The molecule has 0 aliphatic heterocycles. The SMILES string of the molecule is CCOC(=O)CC(Cc1ccc(F)c(F)c1)NC(C)C. The molecule has 5 heteroatoms. The Hall–Kier alpha value is -1.49. The van der Waals surface area contributed by atoms with Gasteiger partial charge in [0.15, 0.2) is 11.6 Å². The second kappa shape index (κ2) is 7.94. The van der Waals surface area contributed by atoms with Crippen molar-refractivity contribution in [1.82, 2.24) is 5.32 Å². The Bertz CT molecular complexity index is 449. The van der Waals surface area contributed by atoms with E-state index in [0.717, 1.165) is 12.1 Å². The summed E-state index contributed by atoms with van der Waals surface area (Å²) in [6.45, 7) is 6.00. The van der Waals surface area contributed by atoms with Crippen molar-refractivity contribution in [2.45, 2.75) is 45.7 Å². The Kier molecular flexibility index (Phi) is 6.58. The van der Waals surface area contributed by atoms with E-state index >= 15 is 0 Å². The summed E-state index contributed by atoms with van der Waals surface area (Å²) in [7, 11) is 0. The molecular weight excluding hydrogens is 264 g/mol. The molecule has 0 fully saturated rings. The normalized spacial score (nSPS) is 12.5. The topological polar surface area (TPSA) is 38.3 Å². The van der Waals surface area contributed by atoms with E-state index in [0.29, 0.717) is 18.6 Å². The first-order chi connectivity index (χ1) is 9.42. The van der Waals surface area contributed by atoms with E-state index in [1.807, 2.05) is 13.8 Å². The van der Waals surface area contributed by atoms with Crippen molar-refractivity contribution in [3.8, 4) is 0 Å². The minimum atomic E-state index is -0.873. The standard InChI is InChI=1S/C15H21F2NO2/c1-4-20-15(19)9-12(18-10(2)3)7-11-5-6-13(16)14(17)8-11/h5-6,8,10,12,18H,4,7,9H2,1-3H3. The van der Waals surface area contributed by atoms with Gasteiger partial charge in [-0.15, -0.1) is 0 Å². The first-order valence-electron chi connectivity index (χ1n) is 6.78. The molecule has 112 valence electrons. The fraction of sp³-hybridized carbons (Fsp3) is 0.533. The zero-order valence-electron chi connectivity index (χ0n) is 12.1. The Morgan fingerprint density at radius 1 is 1.30 bits per heavy atom. The molecule has 1 N–H and O–H groups in total. The van der Waals surface area contributed by atoms with Gasteiger partial charge in [0.25, 0.3) is 0 Å². The third kappa shape index (κ3) is 5.65. The van der Waals surface area contributed by atoms with Gasteiger partial charge in [-0.2, -0.15) is 0 Å². The van der Waals surface area contributed by atoms with Crippen LogP contribution in [0.5, 0.6) is 0 Å². The van der Waals surface area contributed by atoms with Crippen molar-refractivity contribution in [1.29, 1.82) is 0 Å². The average Bonchev–Trinajstić information content (AvgIpc) is 2.33. The molecule has 1 aromatic carbocycles. The van der Waals surface area contributed by atoms with E-state index in [4.69, 9.17) is 4.74 Å². The van der Waals surface area contributed by atoms with E-state index in [1.54, 1.807) is 6.92 Å². The van der Waals surface area contributed by atoms with Gasteiger partial charge >= 0.3 is 5.97 Å². The summed E-state index contributed by atoms with van der Waals surface area (Å²) < 4.78 is 31.0. The van der Waals surface area contributed by atoms with Crippen molar-refractivity contribution in [3.05, 3.63) is 35.4 Å². The lowest BCUT2D eigenvalue weighted by atomic mass is 10.0. The van der Waals surface area contributed by atoms with Gasteiger partial charge in [-0.1, -0.05) is 19.9 Å². The van der Waals surface area contributed by atoms with Crippen LogP contribution in [0.3, 0.4) is 0 Å². The Morgan fingerprint density at radius 2 is 2.00 bits per heavy atom. The summed E-state index contributed by atoms with van der Waals surface area (Å²) in [5.41, 5.74) is 0.645. The van der Waals surface area contributed by atoms with Crippen LogP contribution in [0.25, 0.3) is 0 Å². The number of ether oxygens (including phenoxy) is 1. The molecule has 20 heavy (non-hydrogen) atoms. The van der Waals surface area contributed by atoms with Gasteiger partial charge in [-0.3, -0.25) is 4.79 Å². The molecule has 3 nitrogen and oxygen atoms in total. The van der Waals surface area contributed by atoms with E-state index in [-0.39, 0.29) is 24.5 Å². The number of carbonyl (C=O) groups is 1. The summed E-state index contributed by atoms with van der Waals surface area (Å²) in [5.74, 6) is -2.04. The monoisotopic (exact) mass is 285 g/mol. The van der Waals surface area contributed by atoms with Crippen molar-refractivity contribution in [2.75, 3.05) is 6.61 Å². The van der Waals surface area contributed by atoms with E-state index in [2.05, 4.69) is 5.32 Å². The number of benzene rings is 1. The lowest BCUT2D eigenvalue weighted by Crippen LogP contribution is -2.38. The van der Waals surface area contributed by atoms with Crippen LogP contribution < -0.4 is 5.32 Å². The maximum absolute atomic E-state index is 13.2. The van der Waals surface area contributed by atoms with Gasteiger partial charge in [0, 0.05) is 12.1 Å². The number of halogens is 2. The van der Waals surface area contributed by atoms with Crippen molar-refractivity contribution < 1.29 is 18.3 Å². The van der Waals surface area contributed by atoms with E-state index in [1.165, 1.54) is 6.07 Å². The van der Waals surface area contributed by atoms with Gasteiger partial charge in [-0.05, 0) is 31.0 Å². The molecule has 0 bridgehead atoms. The molecule has 0 aliphatic rings. The molecule has 1 atom stereocenters. The molecule has 0 saturated carbocycles. The van der Waals surface area contributed by atoms with Crippen molar-refractivity contribution in [3.63, 3.8) is 0 Å².